The number of halogens is 1. The Bertz CT molecular complexity index is 465. The van der Waals surface area contributed by atoms with Crippen LogP contribution in [0.2, 0.25) is 0 Å². The van der Waals surface area contributed by atoms with Gasteiger partial charge >= 0.3 is 0 Å². The van der Waals surface area contributed by atoms with Crippen molar-refractivity contribution in [1.82, 2.24) is 9.80 Å². The molecular weight excluding hydrogens is 314 g/mol. The molecule has 20 heavy (non-hydrogen) atoms. The van der Waals surface area contributed by atoms with Crippen molar-refractivity contribution in [2.24, 2.45) is 5.73 Å². The van der Waals surface area contributed by atoms with Crippen molar-refractivity contribution in [3.05, 3.63) is 34.3 Å². The second kappa shape index (κ2) is 6.14. The molecule has 3 nitrogen and oxygen atoms in total. The molecule has 3 rings (SSSR count). The van der Waals surface area contributed by atoms with Crippen molar-refractivity contribution in [1.29, 1.82) is 0 Å². The number of benzene rings is 1. The van der Waals surface area contributed by atoms with E-state index in [0.29, 0.717) is 18.6 Å². The molecule has 2 aliphatic heterocycles. The molecule has 2 fully saturated rings. The van der Waals surface area contributed by atoms with Crippen molar-refractivity contribution < 1.29 is 0 Å². The van der Waals surface area contributed by atoms with E-state index in [0.717, 1.165) is 19.1 Å². The molecule has 2 aliphatic rings. The highest BCUT2D eigenvalue weighted by atomic mass is 79.9. The lowest BCUT2D eigenvalue weighted by Gasteiger charge is -2.33. The van der Waals surface area contributed by atoms with Crippen LogP contribution in [0.1, 0.15) is 30.9 Å². The fourth-order valence-electron chi connectivity index (χ4n) is 3.84. The summed E-state index contributed by atoms with van der Waals surface area (Å²) in [7, 11) is 2.29. The number of nitrogens with two attached hydrogens (primary N) is 1. The van der Waals surface area contributed by atoms with Crippen LogP contribution in [0.25, 0.3) is 0 Å². The molecule has 110 valence electrons. The Labute approximate surface area is 130 Å². The van der Waals surface area contributed by atoms with Gasteiger partial charge in [-0.05, 0) is 37.9 Å². The fraction of sp³-hybridized carbons (Fsp3) is 0.625. The van der Waals surface area contributed by atoms with Gasteiger partial charge in [0.1, 0.15) is 0 Å². The van der Waals surface area contributed by atoms with Crippen molar-refractivity contribution in [3.63, 3.8) is 0 Å². The third-order valence-corrected chi connectivity index (χ3v) is 5.83. The van der Waals surface area contributed by atoms with E-state index in [1.807, 2.05) is 0 Å². The lowest BCUT2D eigenvalue weighted by molar-refractivity contribution is 0.174. The van der Waals surface area contributed by atoms with Gasteiger partial charge in [-0.3, -0.25) is 9.80 Å². The summed E-state index contributed by atoms with van der Waals surface area (Å²) in [5.74, 6) is 0. The van der Waals surface area contributed by atoms with Crippen molar-refractivity contribution in [2.45, 2.75) is 37.4 Å². The molecule has 3 unspecified atom stereocenters. The molecule has 1 aromatic rings. The maximum Gasteiger partial charge on any atom is 0.0482 e. The third kappa shape index (κ3) is 2.67. The Kier molecular flexibility index (Phi) is 4.46. The molecule has 1 aromatic carbocycles. The molecule has 0 aliphatic carbocycles. The van der Waals surface area contributed by atoms with Crippen LogP contribution in [0.5, 0.6) is 0 Å². The molecule has 0 saturated carbocycles. The topological polar surface area (TPSA) is 32.5 Å². The van der Waals surface area contributed by atoms with Crippen LogP contribution in [0.4, 0.5) is 0 Å². The van der Waals surface area contributed by atoms with Crippen LogP contribution in [0, 0.1) is 0 Å². The van der Waals surface area contributed by atoms with Crippen molar-refractivity contribution >= 4 is 15.9 Å². The molecule has 2 saturated heterocycles. The average Bonchev–Trinajstić information content (AvgIpc) is 2.68. The molecule has 2 heterocycles. The van der Waals surface area contributed by atoms with E-state index in [4.69, 9.17) is 5.73 Å². The summed E-state index contributed by atoms with van der Waals surface area (Å²) in [6.45, 7) is 2.99. The van der Waals surface area contributed by atoms with E-state index in [1.165, 1.54) is 29.3 Å². The van der Waals surface area contributed by atoms with E-state index in [2.05, 4.69) is 57.0 Å². The highest BCUT2D eigenvalue weighted by Gasteiger charge is 2.36. The molecule has 0 radical (unpaired) electrons. The predicted molar refractivity (Wildman–Crippen MR) is 86.7 cm³/mol. The van der Waals surface area contributed by atoms with Gasteiger partial charge in [-0.25, -0.2) is 0 Å². The van der Waals surface area contributed by atoms with Gasteiger partial charge in [-0.2, -0.15) is 0 Å². The molecule has 0 spiro atoms. The number of likely N-dealkylation sites (tertiary alicyclic amines) is 1. The monoisotopic (exact) mass is 337 g/mol. The Morgan fingerprint density at radius 2 is 2.00 bits per heavy atom. The number of rotatable bonds is 3. The third-order valence-electron chi connectivity index (χ3n) is 5.11. The summed E-state index contributed by atoms with van der Waals surface area (Å²) in [4.78, 5) is 5.19. The second-order valence-electron chi connectivity index (χ2n) is 6.11. The molecule has 2 bridgehead atoms. The largest absolute Gasteiger partial charge is 0.329 e. The standard InChI is InChI=1S/C16H24BrN3/c1-19-12-6-7-13(19)11-20(9-8-12)16(10-18)14-4-2-3-5-15(14)17/h2-5,12-13,16H,6-11,18H2,1H3. The lowest BCUT2D eigenvalue weighted by Crippen LogP contribution is -2.40. The summed E-state index contributed by atoms with van der Waals surface area (Å²) in [5, 5.41) is 0. The quantitative estimate of drug-likeness (QED) is 0.920. The smallest absolute Gasteiger partial charge is 0.0482 e. The Balaban J connectivity index is 1.82. The lowest BCUT2D eigenvalue weighted by atomic mass is 10.0. The summed E-state index contributed by atoms with van der Waals surface area (Å²) in [5.41, 5.74) is 7.44. The van der Waals surface area contributed by atoms with Gasteiger partial charge in [0.15, 0.2) is 0 Å². The zero-order valence-corrected chi connectivity index (χ0v) is 13.7. The van der Waals surface area contributed by atoms with Crippen LogP contribution in [-0.4, -0.2) is 48.6 Å². The number of hydrogen-bond acceptors (Lipinski definition) is 3. The maximum atomic E-state index is 6.11. The van der Waals surface area contributed by atoms with Gasteiger partial charge in [0.05, 0.1) is 0 Å². The summed E-state index contributed by atoms with van der Waals surface area (Å²) in [6, 6.07) is 10.3. The second-order valence-corrected chi connectivity index (χ2v) is 6.96. The summed E-state index contributed by atoms with van der Waals surface area (Å²) >= 11 is 3.68. The normalized spacial score (nSPS) is 29.4. The minimum atomic E-state index is 0.332. The molecule has 4 heteroatoms. The van der Waals surface area contributed by atoms with Crippen LogP contribution in [-0.2, 0) is 0 Å². The first kappa shape index (κ1) is 14.5. The molecule has 2 N–H and O–H groups in total. The Morgan fingerprint density at radius 1 is 1.25 bits per heavy atom. The summed E-state index contributed by atoms with van der Waals surface area (Å²) < 4.78 is 1.18. The first-order chi connectivity index (χ1) is 9.70. The van der Waals surface area contributed by atoms with Crippen LogP contribution >= 0.6 is 15.9 Å². The maximum absolute atomic E-state index is 6.11. The van der Waals surface area contributed by atoms with Crippen LogP contribution < -0.4 is 5.73 Å². The van der Waals surface area contributed by atoms with Gasteiger partial charge in [0.2, 0.25) is 0 Å². The van der Waals surface area contributed by atoms with E-state index in [1.54, 1.807) is 0 Å². The van der Waals surface area contributed by atoms with Gasteiger partial charge in [-0.1, -0.05) is 34.1 Å². The van der Waals surface area contributed by atoms with Crippen molar-refractivity contribution in [3.8, 4) is 0 Å². The first-order valence-electron chi connectivity index (χ1n) is 7.61. The molecule has 3 atom stereocenters. The zero-order chi connectivity index (χ0) is 14.1. The predicted octanol–water partition coefficient (Wildman–Crippen LogP) is 2.62. The Morgan fingerprint density at radius 3 is 2.75 bits per heavy atom. The highest BCUT2D eigenvalue weighted by Crippen LogP contribution is 2.33. The van der Waals surface area contributed by atoms with E-state index >= 15 is 0 Å². The minimum absolute atomic E-state index is 0.332. The van der Waals surface area contributed by atoms with Gasteiger partial charge in [-0.15, -0.1) is 0 Å². The van der Waals surface area contributed by atoms with Gasteiger partial charge in [0.25, 0.3) is 0 Å². The summed E-state index contributed by atoms with van der Waals surface area (Å²) in [6.07, 6.45) is 3.98. The number of nitrogens with zero attached hydrogens (tertiary/aromatic N) is 2. The van der Waals surface area contributed by atoms with Crippen molar-refractivity contribution in [2.75, 3.05) is 26.7 Å². The SMILES string of the molecule is CN1C2CCC1CN(C(CN)c1ccccc1Br)CC2. The number of fused-ring (bicyclic) bond motifs is 2. The molecule has 0 amide bonds. The van der Waals surface area contributed by atoms with E-state index in [9.17, 15) is 0 Å². The number of hydrogen-bond donors (Lipinski definition) is 1. The van der Waals surface area contributed by atoms with E-state index in [-0.39, 0.29) is 0 Å². The molecule has 0 aromatic heterocycles. The minimum Gasteiger partial charge on any atom is -0.329 e. The average molecular weight is 338 g/mol. The van der Waals surface area contributed by atoms with Gasteiger partial charge in [0, 0.05) is 42.2 Å². The van der Waals surface area contributed by atoms with Crippen LogP contribution in [0.15, 0.2) is 28.7 Å². The number of likely N-dealkylation sites (N-methyl/N-ethyl adjacent to an activating group) is 1. The zero-order valence-electron chi connectivity index (χ0n) is 12.1. The Hall–Kier alpha value is -0.420. The molecular formula is C16H24BrN3. The van der Waals surface area contributed by atoms with Gasteiger partial charge < -0.3 is 5.73 Å². The fourth-order valence-corrected chi connectivity index (χ4v) is 4.39. The van der Waals surface area contributed by atoms with E-state index < -0.39 is 0 Å². The van der Waals surface area contributed by atoms with Crippen LogP contribution in [0.3, 0.4) is 0 Å². The highest BCUT2D eigenvalue weighted by molar-refractivity contribution is 9.10. The first-order valence-corrected chi connectivity index (χ1v) is 8.40.